The largest absolute Gasteiger partial charge is 0.368 e. The molecule has 3 fully saturated rings. The van der Waals surface area contributed by atoms with Gasteiger partial charge in [-0.25, -0.2) is 0 Å². The van der Waals surface area contributed by atoms with Gasteiger partial charge in [0.15, 0.2) is 17.4 Å². The maximum absolute atomic E-state index is 14.2. The lowest BCUT2D eigenvalue weighted by Crippen LogP contribution is -2.46. The molecule has 3 aliphatic rings. The fourth-order valence-corrected chi connectivity index (χ4v) is 6.94. The summed E-state index contributed by atoms with van der Waals surface area (Å²) in [5, 5.41) is -0.564. The fraction of sp³-hybridized carbons (Fsp3) is 0.478. The highest BCUT2D eigenvalue weighted by Gasteiger charge is 2.73. The fourth-order valence-electron chi connectivity index (χ4n) is 4.47. The van der Waals surface area contributed by atoms with E-state index in [1.165, 1.54) is 7.11 Å². The first-order valence-corrected chi connectivity index (χ1v) is 12.0. The van der Waals surface area contributed by atoms with Crippen LogP contribution in [0.3, 0.4) is 0 Å². The van der Waals surface area contributed by atoms with Crippen LogP contribution in [0.1, 0.15) is 19.4 Å². The van der Waals surface area contributed by atoms with Crippen molar-refractivity contribution in [2.45, 2.75) is 56.2 Å². The molecule has 2 aromatic rings. The minimum Gasteiger partial charge on any atom is -0.368 e. The lowest BCUT2D eigenvalue weighted by Gasteiger charge is -2.33. The first-order chi connectivity index (χ1) is 14.9. The van der Waals surface area contributed by atoms with Crippen LogP contribution < -0.4 is 5.30 Å². The SMILES string of the molecule is COP(=O)(c1ccccc1)C1(C2OC3OC(C)(C)OC3C2OCc2ccccc2)CO1. The molecule has 8 heteroatoms. The van der Waals surface area contributed by atoms with Crippen LogP contribution in [0.25, 0.3) is 0 Å². The van der Waals surface area contributed by atoms with Crippen molar-refractivity contribution >= 4 is 12.7 Å². The van der Waals surface area contributed by atoms with Crippen molar-refractivity contribution in [3.8, 4) is 0 Å². The van der Waals surface area contributed by atoms with Crippen LogP contribution in [0.15, 0.2) is 60.7 Å². The minimum absolute atomic E-state index is 0.242. The molecule has 0 N–H and O–H groups in total. The smallest absolute Gasteiger partial charge is 0.267 e. The predicted octanol–water partition coefficient (Wildman–Crippen LogP) is 3.42. The van der Waals surface area contributed by atoms with Gasteiger partial charge in [0, 0.05) is 12.4 Å². The van der Waals surface area contributed by atoms with Gasteiger partial charge in [-0.1, -0.05) is 48.5 Å². The van der Waals surface area contributed by atoms with E-state index in [2.05, 4.69) is 0 Å². The number of fused-ring (bicyclic) bond motifs is 1. The van der Waals surface area contributed by atoms with Crippen LogP contribution in [-0.4, -0.2) is 49.4 Å². The summed E-state index contributed by atoms with van der Waals surface area (Å²) in [6.45, 7) is 4.28. The van der Waals surface area contributed by atoms with E-state index in [0.29, 0.717) is 11.9 Å². The molecule has 0 radical (unpaired) electrons. The quantitative estimate of drug-likeness (QED) is 0.477. The molecule has 0 aromatic heterocycles. The van der Waals surface area contributed by atoms with Gasteiger partial charge in [-0.05, 0) is 31.5 Å². The Labute approximate surface area is 182 Å². The summed E-state index contributed by atoms with van der Waals surface area (Å²) in [6.07, 6.45) is -2.32. The average molecular weight is 446 g/mol. The molecule has 0 amide bonds. The first-order valence-electron chi connectivity index (χ1n) is 10.4. The number of epoxide rings is 1. The van der Waals surface area contributed by atoms with Crippen molar-refractivity contribution in [3.05, 3.63) is 66.2 Å². The van der Waals surface area contributed by atoms with E-state index in [1.807, 2.05) is 62.4 Å². The minimum atomic E-state index is -3.44. The molecule has 7 nitrogen and oxygen atoms in total. The molecule has 5 rings (SSSR count). The highest BCUT2D eigenvalue weighted by molar-refractivity contribution is 7.68. The first kappa shape index (κ1) is 21.3. The van der Waals surface area contributed by atoms with Crippen molar-refractivity contribution in [2.75, 3.05) is 13.7 Å². The molecule has 0 aliphatic carbocycles. The van der Waals surface area contributed by atoms with E-state index in [9.17, 15) is 4.57 Å². The second-order valence-corrected chi connectivity index (χ2v) is 11.2. The van der Waals surface area contributed by atoms with Gasteiger partial charge in [0.2, 0.25) is 0 Å². The molecule has 0 spiro atoms. The van der Waals surface area contributed by atoms with E-state index in [4.69, 9.17) is 28.2 Å². The van der Waals surface area contributed by atoms with Gasteiger partial charge in [0.25, 0.3) is 7.37 Å². The maximum atomic E-state index is 14.2. The summed E-state index contributed by atoms with van der Waals surface area (Å²) in [7, 11) is -1.99. The molecule has 3 aliphatic heterocycles. The molecule has 0 saturated carbocycles. The van der Waals surface area contributed by atoms with Crippen molar-refractivity contribution in [1.82, 2.24) is 0 Å². The van der Waals surface area contributed by atoms with Crippen LogP contribution in [0, 0.1) is 0 Å². The number of hydrogen-bond acceptors (Lipinski definition) is 7. The lowest BCUT2D eigenvalue weighted by atomic mass is 10.1. The highest BCUT2D eigenvalue weighted by atomic mass is 31.2. The summed E-state index contributed by atoms with van der Waals surface area (Å²) >= 11 is 0. The zero-order valence-corrected chi connectivity index (χ0v) is 18.7. The van der Waals surface area contributed by atoms with E-state index in [-0.39, 0.29) is 6.61 Å². The van der Waals surface area contributed by atoms with Crippen LogP contribution in [0.4, 0.5) is 0 Å². The molecule has 31 heavy (non-hydrogen) atoms. The monoisotopic (exact) mass is 446 g/mol. The number of ether oxygens (including phenoxy) is 5. The third kappa shape index (κ3) is 3.58. The molecule has 3 heterocycles. The summed E-state index contributed by atoms with van der Waals surface area (Å²) < 4.78 is 50.4. The summed E-state index contributed by atoms with van der Waals surface area (Å²) in [5.41, 5.74) is 1.02. The number of hydrogen-bond donors (Lipinski definition) is 0. The Bertz CT molecular complexity index is 960. The van der Waals surface area contributed by atoms with E-state index in [1.54, 1.807) is 12.1 Å². The van der Waals surface area contributed by atoms with Crippen LogP contribution in [0.5, 0.6) is 0 Å². The van der Waals surface area contributed by atoms with Crippen molar-refractivity contribution in [3.63, 3.8) is 0 Å². The van der Waals surface area contributed by atoms with Crippen LogP contribution in [-0.2, 0) is 39.4 Å². The Morgan fingerprint density at radius 1 is 1.03 bits per heavy atom. The molecular formula is C23H27O7P. The highest BCUT2D eigenvalue weighted by Crippen LogP contribution is 2.68. The molecule has 0 bridgehead atoms. The Morgan fingerprint density at radius 2 is 1.68 bits per heavy atom. The third-order valence-corrected chi connectivity index (χ3v) is 9.01. The lowest BCUT2D eigenvalue weighted by molar-refractivity contribution is -0.223. The topological polar surface area (TPSA) is 75.8 Å². The van der Waals surface area contributed by atoms with E-state index >= 15 is 0 Å². The molecule has 6 unspecified atom stereocenters. The van der Waals surface area contributed by atoms with Gasteiger partial charge in [-0.2, -0.15) is 0 Å². The molecular weight excluding hydrogens is 419 g/mol. The van der Waals surface area contributed by atoms with E-state index < -0.39 is 43.1 Å². The van der Waals surface area contributed by atoms with Gasteiger partial charge in [0.1, 0.15) is 18.3 Å². The zero-order valence-electron chi connectivity index (χ0n) is 17.8. The molecule has 2 aromatic carbocycles. The number of rotatable bonds is 7. The second kappa shape index (κ2) is 7.78. The van der Waals surface area contributed by atoms with Gasteiger partial charge in [-0.15, -0.1) is 0 Å². The van der Waals surface area contributed by atoms with Crippen LogP contribution in [0.2, 0.25) is 0 Å². The standard InChI is InChI=1S/C23H27O7P/c1-22(2)29-19-18(26-14-16-10-6-4-7-11-16)20(28-21(19)30-22)23(15-27-23)31(24,25-3)17-12-8-5-9-13-17/h4-13,18-21H,14-15H2,1-3H3. The third-order valence-electron chi connectivity index (χ3n) is 6.01. The van der Waals surface area contributed by atoms with Gasteiger partial charge >= 0.3 is 0 Å². The second-order valence-electron chi connectivity index (χ2n) is 8.49. The number of benzene rings is 2. The van der Waals surface area contributed by atoms with Crippen molar-refractivity contribution in [2.24, 2.45) is 0 Å². The predicted molar refractivity (Wildman–Crippen MR) is 113 cm³/mol. The molecule has 3 saturated heterocycles. The van der Waals surface area contributed by atoms with Gasteiger partial charge in [-0.3, -0.25) is 4.57 Å². The Hall–Kier alpha value is -1.57. The summed E-state index contributed by atoms with van der Waals surface area (Å²) in [4.78, 5) is 0. The Morgan fingerprint density at radius 3 is 2.29 bits per heavy atom. The zero-order chi connectivity index (χ0) is 21.7. The summed E-state index contributed by atoms with van der Waals surface area (Å²) in [6, 6.07) is 19.0. The Kier molecular flexibility index (Phi) is 5.34. The van der Waals surface area contributed by atoms with Gasteiger partial charge in [0.05, 0.1) is 13.2 Å². The maximum Gasteiger partial charge on any atom is 0.267 e. The normalized spacial score (nSPS) is 35.5. The van der Waals surface area contributed by atoms with Crippen LogP contribution >= 0.6 is 7.37 Å². The molecule has 6 atom stereocenters. The molecule has 166 valence electrons. The average Bonchev–Trinajstić information content (AvgIpc) is 3.45. The summed E-state index contributed by atoms with van der Waals surface area (Å²) in [5.74, 6) is -0.795. The van der Waals surface area contributed by atoms with Crippen molar-refractivity contribution < 1.29 is 32.8 Å². The van der Waals surface area contributed by atoms with E-state index in [0.717, 1.165) is 5.56 Å². The Balaban J connectivity index is 1.47. The van der Waals surface area contributed by atoms with Gasteiger partial charge < -0.3 is 28.2 Å². The van der Waals surface area contributed by atoms with Crippen molar-refractivity contribution in [1.29, 1.82) is 0 Å².